The Morgan fingerprint density at radius 3 is 2.62 bits per heavy atom. The number of carbonyl (C=O) groups excluding carboxylic acids is 1. The molecule has 0 spiro atoms. The number of nitrogens with one attached hydrogen (secondary N) is 3. The van der Waals surface area contributed by atoms with E-state index in [4.69, 9.17) is 18.6 Å². The first kappa shape index (κ1) is 12.0. The molecule has 0 fully saturated rings. The van der Waals surface area contributed by atoms with E-state index in [1.54, 1.807) is 24.3 Å². The van der Waals surface area contributed by atoms with Crippen molar-refractivity contribution in [2.45, 2.75) is 0 Å². The SMILES string of the molecule is C#CCNC(=S)NNC(=O)c1ccccc1. The normalized spacial score (nSPS) is 8.69. The summed E-state index contributed by atoms with van der Waals surface area (Å²) in [5, 5.41) is 2.99. The molecule has 0 aliphatic heterocycles. The molecule has 1 amide bonds. The summed E-state index contributed by atoms with van der Waals surface area (Å²) in [5.74, 6) is 2.11. The number of carbonyl (C=O) groups is 1. The fraction of sp³-hybridized carbons (Fsp3) is 0.0909. The minimum absolute atomic E-state index is 0.259. The predicted molar refractivity (Wildman–Crippen MR) is 66.5 cm³/mol. The molecule has 0 atom stereocenters. The highest BCUT2D eigenvalue weighted by Gasteiger charge is 2.03. The summed E-state index contributed by atoms with van der Waals surface area (Å²) in [5.41, 5.74) is 5.54. The molecule has 0 aliphatic rings. The van der Waals surface area contributed by atoms with Gasteiger partial charge in [-0.1, -0.05) is 24.1 Å². The zero-order chi connectivity index (χ0) is 11.8. The van der Waals surface area contributed by atoms with E-state index in [9.17, 15) is 4.79 Å². The van der Waals surface area contributed by atoms with Crippen LogP contribution in [0.3, 0.4) is 0 Å². The van der Waals surface area contributed by atoms with Crippen molar-refractivity contribution in [3.63, 3.8) is 0 Å². The Balaban J connectivity index is 2.37. The molecule has 0 aromatic heterocycles. The lowest BCUT2D eigenvalue weighted by molar-refractivity contribution is 0.0943. The highest BCUT2D eigenvalue weighted by Crippen LogP contribution is 1.96. The number of hydrogen-bond acceptors (Lipinski definition) is 2. The maximum atomic E-state index is 11.5. The van der Waals surface area contributed by atoms with Gasteiger partial charge in [-0.15, -0.1) is 6.42 Å². The number of terminal acetylenes is 1. The average molecular weight is 233 g/mol. The molecule has 1 rings (SSSR count). The van der Waals surface area contributed by atoms with Gasteiger partial charge < -0.3 is 5.32 Å². The van der Waals surface area contributed by atoms with Gasteiger partial charge in [0, 0.05) is 5.56 Å². The Labute approximate surface area is 99.4 Å². The van der Waals surface area contributed by atoms with E-state index in [0.29, 0.717) is 12.1 Å². The van der Waals surface area contributed by atoms with Crippen LogP contribution in [0.2, 0.25) is 0 Å². The maximum Gasteiger partial charge on any atom is 0.269 e. The van der Waals surface area contributed by atoms with Crippen LogP contribution < -0.4 is 16.2 Å². The summed E-state index contributed by atoms with van der Waals surface area (Å²) in [7, 11) is 0. The van der Waals surface area contributed by atoms with Crippen LogP contribution in [0.5, 0.6) is 0 Å². The summed E-state index contributed by atoms with van der Waals surface area (Å²) in [4.78, 5) is 11.5. The molecule has 1 aromatic carbocycles. The first-order chi connectivity index (χ1) is 7.74. The van der Waals surface area contributed by atoms with Gasteiger partial charge in [-0.3, -0.25) is 15.6 Å². The highest BCUT2D eigenvalue weighted by molar-refractivity contribution is 7.80. The first-order valence-corrected chi connectivity index (χ1v) is 4.97. The Hall–Kier alpha value is -2.06. The van der Waals surface area contributed by atoms with Gasteiger partial charge in [-0.05, 0) is 24.4 Å². The molecule has 5 heteroatoms. The number of amides is 1. The van der Waals surface area contributed by atoms with Gasteiger partial charge in [0.25, 0.3) is 5.91 Å². The quantitative estimate of drug-likeness (QED) is 0.394. The van der Waals surface area contributed by atoms with E-state index in [1.807, 2.05) is 6.07 Å². The van der Waals surface area contributed by atoms with Crippen molar-refractivity contribution in [2.75, 3.05) is 6.54 Å². The summed E-state index contributed by atoms with van der Waals surface area (Å²) in [6, 6.07) is 8.81. The van der Waals surface area contributed by atoms with Gasteiger partial charge in [-0.2, -0.15) is 0 Å². The lowest BCUT2D eigenvalue weighted by Gasteiger charge is -2.09. The summed E-state index contributed by atoms with van der Waals surface area (Å²) in [6.07, 6.45) is 5.04. The van der Waals surface area contributed by atoms with Crippen molar-refractivity contribution in [1.82, 2.24) is 16.2 Å². The molecule has 0 saturated heterocycles. The van der Waals surface area contributed by atoms with Gasteiger partial charge in [0.15, 0.2) is 5.11 Å². The largest absolute Gasteiger partial charge is 0.350 e. The summed E-state index contributed by atoms with van der Waals surface area (Å²) >= 11 is 4.86. The van der Waals surface area contributed by atoms with Gasteiger partial charge >= 0.3 is 0 Å². The number of hydrazine groups is 1. The third-order valence-electron chi connectivity index (χ3n) is 1.68. The number of benzene rings is 1. The van der Waals surface area contributed by atoms with Gasteiger partial charge in [-0.25, -0.2) is 0 Å². The predicted octanol–water partition coefficient (Wildman–Crippen LogP) is 0.429. The zero-order valence-electron chi connectivity index (χ0n) is 8.49. The Morgan fingerprint density at radius 1 is 1.31 bits per heavy atom. The van der Waals surface area contributed by atoms with Crippen LogP contribution in [0.1, 0.15) is 10.4 Å². The lowest BCUT2D eigenvalue weighted by atomic mass is 10.2. The second-order valence-corrected chi connectivity index (χ2v) is 3.24. The van der Waals surface area contributed by atoms with E-state index in [2.05, 4.69) is 22.1 Å². The van der Waals surface area contributed by atoms with E-state index < -0.39 is 0 Å². The molecule has 0 unspecified atom stereocenters. The summed E-state index contributed by atoms with van der Waals surface area (Å²) in [6.45, 7) is 0.313. The smallest absolute Gasteiger partial charge is 0.269 e. The average Bonchev–Trinajstić information content (AvgIpc) is 2.34. The third kappa shape index (κ3) is 3.98. The first-order valence-electron chi connectivity index (χ1n) is 4.56. The minimum Gasteiger partial charge on any atom is -0.350 e. The molecule has 3 N–H and O–H groups in total. The number of rotatable bonds is 2. The van der Waals surface area contributed by atoms with Crippen LogP contribution in [0.4, 0.5) is 0 Å². The van der Waals surface area contributed by atoms with Crippen LogP contribution in [-0.4, -0.2) is 17.6 Å². The van der Waals surface area contributed by atoms with E-state index in [0.717, 1.165) is 0 Å². The fourth-order valence-electron chi connectivity index (χ4n) is 0.951. The second kappa shape index (κ2) is 6.43. The second-order valence-electron chi connectivity index (χ2n) is 2.83. The van der Waals surface area contributed by atoms with Crippen molar-refractivity contribution in [2.24, 2.45) is 0 Å². The molecule has 1 aromatic rings. The van der Waals surface area contributed by atoms with Gasteiger partial charge in [0.1, 0.15) is 0 Å². The maximum absolute atomic E-state index is 11.5. The molecular weight excluding hydrogens is 222 g/mol. The summed E-state index contributed by atoms with van der Waals surface area (Å²) < 4.78 is 0. The van der Waals surface area contributed by atoms with Gasteiger partial charge in [0.2, 0.25) is 0 Å². The van der Waals surface area contributed by atoms with Crippen molar-refractivity contribution in [3.8, 4) is 12.3 Å². The molecular formula is C11H11N3OS. The van der Waals surface area contributed by atoms with Crippen molar-refractivity contribution in [1.29, 1.82) is 0 Å². The molecule has 16 heavy (non-hydrogen) atoms. The topological polar surface area (TPSA) is 53.2 Å². The molecule has 0 bridgehead atoms. The van der Waals surface area contributed by atoms with Crippen LogP contribution in [0.15, 0.2) is 30.3 Å². The molecule has 4 nitrogen and oxygen atoms in total. The highest BCUT2D eigenvalue weighted by atomic mass is 32.1. The Morgan fingerprint density at radius 2 is 2.00 bits per heavy atom. The Kier molecular flexibility index (Phi) is 4.83. The molecule has 0 aliphatic carbocycles. The molecule has 0 radical (unpaired) electrons. The van der Waals surface area contributed by atoms with E-state index in [-0.39, 0.29) is 11.0 Å². The third-order valence-corrected chi connectivity index (χ3v) is 1.92. The molecule has 0 heterocycles. The number of thiocarbonyl (C=S) groups is 1. The van der Waals surface area contributed by atoms with Crippen molar-refractivity contribution < 1.29 is 4.79 Å². The van der Waals surface area contributed by atoms with Crippen LogP contribution in [0.25, 0.3) is 0 Å². The van der Waals surface area contributed by atoms with Crippen molar-refractivity contribution >= 4 is 23.2 Å². The van der Waals surface area contributed by atoms with E-state index >= 15 is 0 Å². The fourth-order valence-corrected chi connectivity index (χ4v) is 1.07. The van der Waals surface area contributed by atoms with Gasteiger partial charge in [0.05, 0.1) is 6.54 Å². The Bertz CT molecular complexity index is 411. The van der Waals surface area contributed by atoms with Crippen LogP contribution in [-0.2, 0) is 0 Å². The monoisotopic (exact) mass is 233 g/mol. The number of hydrogen-bond donors (Lipinski definition) is 3. The molecule has 82 valence electrons. The van der Waals surface area contributed by atoms with Crippen LogP contribution >= 0.6 is 12.2 Å². The molecule has 0 saturated carbocycles. The minimum atomic E-state index is -0.259. The van der Waals surface area contributed by atoms with Crippen molar-refractivity contribution in [3.05, 3.63) is 35.9 Å². The van der Waals surface area contributed by atoms with E-state index in [1.165, 1.54) is 0 Å². The zero-order valence-corrected chi connectivity index (χ0v) is 9.30. The standard InChI is InChI=1S/C11H11N3OS/c1-2-8-12-11(16)14-13-10(15)9-6-4-3-5-7-9/h1,3-7H,8H2,(H,13,15)(H2,12,14,16). The van der Waals surface area contributed by atoms with Crippen LogP contribution in [0, 0.1) is 12.3 Å². The lowest BCUT2D eigenvalue weighted by Crippen LogP contribution is -2.46.